The molecule has 4 rings (SSSR count). The lowest BCUT2D eigenvalue weighted by molar-refractivity contribution is 0.0516. The Kier molecular flexibility index (Phi) is 4.71. The molecule has 0 aliphatic carbocycles. The van der Waals surface area contributed by atoms with Crippen LogP contribution in [0.15, 0.2) is 44.1 Å². The molecule has 0 saturated carbocycles. The van der Waals surface area contributed by atoms with Gasteiger partial charge in [0, 0.05) is 5.56 Å². The van der Waals surface area contributed by atoms with Crippen LogP contribution in [0.3, 0.4) is 0 Å². The molecule has 0 radical (unpaired) electrons. The average Bonchev–Trinajstić information content (AvgIpc) is 3.30. The average molecular weight is 394 g/mol. The van der Waals surface area contributed by atoms with Gasteiger partial charge in [-0.05, 0) is 32.9 Å². The largest absolute Gasteiger partial charge is 0.461 e. The third-order valence-corrected chi connectivity index (χ3v) is 4.48. The van der Waals surface area contributed by atoms with Crippen molar-refractivity contribution in [3.05, 3.63) is 63.7 Å². The summed E-state index contributed by atoms with van der Waals surface area (Å²) in [6, 6.07) is 9.48. The number of aryl methyl sites for hydroxylation is 2. The molecule has 0 N–H and O–H groups in total. The van der Waals surface area contributed by atoms with Gasteiger partial charge in [-0.3, -0.25) is 9.36 Å². The van der Waals surface area contributed by atoms with Gasteiger partial charge in [0.25, 0.3) is 11.3 Å². The van der Waals surface area contributed by atoms with E-state index < -0.39 is 11.5 Å². The molecule has 148 valence electrons. The van der Waals surface area contributed by atoms with Crippen molar-refractivity contribution in [1.82, 2.24) is 19.7 Å². The van der Waals surface area contributed by atoms with Crippen LogP contribution in [0, 0.1) is 13.8 Å². The Morgan fingerprint density at radius 1 is 1.17 bits per heavy atom. The maximum Gasteiger partial charge on any atom is 0.361 e. The molecule has 0 bridgehead atoms. The van der Waals surface area contributed by atoms with E-state index in [1.165, 1.54) is 4.57 Å². The normalized spacial score (nSPS) is 11.1. The number of oxazole rings is 1. The second-order valence-corrected chi connectivity index (χ2v) is 6.37. The van der Waals surface area contributed by atoms with Gasteiger partial charge in [0.05, 0.1) is 13.2 Å². The van der Waals surface area contributed by atoms with Crippen LogP contribution >= 0.6 is 0 Å². The minimum Gasteiger partial charge on any atom is -0.461 e. The summed E-state index contributed by atoms with van der Waals surface area (Å²) in [6.45, 7) is 5.40. The van der Waals surface area contributed by atoms with E-state index in [9.17, 15) is 9.59 Å². The van der Waals surface area contributed by atoms with Gasteiger partial charge in [-0.15, -0.1) is 0 Å². The Labute approximate surface area is 164 Å². The van der Waals surface area contributed by atoms with E-state index >= 15 is 0 Å². The SMILES string of the molecule is CCOC(=O)c1noc2nc(C)n(Cc3nc(-c4ccccc4)oc3C)c(=O)c12. The fourth-order valence-electron chi connectivity index (χ4n) is 2.99. The molecule has 0 unspecified atom stereocenters. The molecule has 4 aromatic rings. The number of nitrogens with zero attached hydrogens (tertiary/aromatic N) is 4. The van der Waals surface area contributed by atoms with Crippen molar-refractivity contribution in [3.8, 4) is 11.5 Å². The van der Waals surface area contributed by atoms with Crippen molar-refractivity contribution < 1.29 is 18.5 Å². The van der Waals surface area contributed by atoms with Crippen LogP contribution in [0.5, 0.6) is 0 Å². The van der Waals surface area contributed by atoms with Gasteiger partial charge in [-0.1, -0.05) is 23.4 Å². The Balaban J connectivity index is 1.77. The van der Waals surface area contributed by atoms with Crippen LogP contribution < -0.4 is 5.56 Å². The molecular formula is C20H18N4O5. The summed E-state index contributed by atoms with van der Waals surface area (Å²) in [5.41, 5.74) is 0.775. The molecule has 0 spiro atoms. The number of fused-ring (bicyclic) bond motifs is 1. The van der Waals surface area contributed by atoms with Crippen LogP contribution in [0.25, 0.3) is 22.6 Å². The zero-order chi connectivity index (χ0) is 20.5. The van der Waals surface area contributed by atoms with Crippen molar-refractivity contribution in [2.75, 3.05) is 6.61 Å². The summed E-state index contributed by atoms with van der Waals surface area (Å²) >= 11 is 0. The number of rotatable bonds is 5. The van der Waals surface area contributed by atoms with E-state index in [0.717, 1.165) is 5.56 Å². The fourth-order valence-corrected chi connectivity index (χ4v) is 2.99. The highest BCUT2D eigenvalue weighted by molar-refractivity contribution is 5.99. The lowest BCUT2D eigenvalue weighted by atomic mass is 10.2. The number of esters is 1. The van der Waals surface area contributed by atoms with Crippen molar-refractivity contribution in [1.29, 1.82) is 0 Å². The molecule has 0 fully saturated rings. The topological polar surface area (TPSA) is 113 Å². The lowest BCUT2D eigenvalue weighted by Crippen LogP contribution is -2.25. The number of hydrogen-bond donors (Lipinski definition) is 0. The summed E-state index contributed by atoms with van der Waals surface area (Å²) in [5, 5.41) is 3.65. The molecular weight excluding hydrogens is 376 g/mol. The number of ether oxygens (including phenoxy) is 1. The Morgan fingerprint density at radius 3 is 2.66 bits per heavy atom. The summed E-state index contributed by atoms with van der Waals surface area (Å²) in [7, 11) is 0. The summed E-state index contributed by atoms with van der Waals surface area (Å²) < 4.78 is 17.2. The highest BCUT2D eigenvalue weighted by Gasteiger charge is 2.24. The molecule has 9 heteroatoms. The Morgan fingerprint density at radius 2 is 1.93 bits per heavy atom. The summed E-state index contributed by atoms with van der Waals surface area (Å²) in [6.07, 6.45) is 0. The van der Waals surface area contributed by atoms with Gasteiger partial charge < -0.3 is 13.7 Å². The second kappa shape index (κ2) is 7.34. The van der Waals surface area contributed by atoms with Crippen LogP contribution in [-0.2, 0) is 11.3 Å². The molecule has 0 amide bonds. The molecule has 29 heavy (non-hydrogen) atoms. The first kappa shape index (κ1) is 18.6. The minimum absolute atomic E-state index is 0.00588. The molecule has 0 aliphatic rings. The highest BCUT2D eigenvalue weighted by atomic mass is 16.5. The van der Waals surface area contributed by atoms with Gasteiger partial charge in [0.1, 0.15) is 22.7 Å². The smallest absolute Gasteiger partial charge is 0.361 e. The van der Waals surface area contributed by atoms with Gasteiger partial charge in [-0.2, -0.15) is 4.98 Å². The molecule has 0 saturated heterocycles. The first-order valence-corrected chi connectivity index (χ1v) is 9.05. The summed E-state index contributed by atoms with van der Waals surface area (Å²) in [4.78, 5) is 34.0. The van der Waals surface area contributed by atoms with Crippen molar-refractivity contribution >= 4 is 17.1 Å². The third kappa shape index (κ3) is 3.31. The number of aromatic nitrogens is 4. The molecule has 0 aliphatic heterocycles. The number of carbonyl (C=O) groups excluding carboxylic acids is 1. The van der Waals surface area contributed by atoms with E-state index in [-0.39, 0.29) is 29.9 Å². The zero-order valence-corrected chi connectivity index (χ0v) is 16.1. The number of hydrogen-bond acceptors (Lipinski definition) is 8. The Hall–Kier alpha value is -3.75. The first-order valence-electron chi connectivity index (χ1n) is 9.05. The van der Waals surface area contributed by atoms with Crippen LogP contribution in [-0.4, -0.2) is 32.3 Å². The quantitative estimate of drug-likeness (QED) is 0.475. The zero-order valence-electron chi connectivity index (χ0n) is 16.1. The fraction of sp³-hybridized carbons (Fsp3) is 0.250. The van der Waals surface area contributed by atoms with Crippen molar-refractivity contribution in [3.63, 3.8) is 0 Å². The molecule has 9 nitrogen and oxygen atoms in total. The van der Waals surface area contributed by atoms with Crippen LogP contribution in [0.2, 0.25) is 0 Å². The number of benzene rings is 1. The standard InChI is InChI=1S/C20H18N4O5/c1-4-27-20(26)16-15-18(29-23-16)21-12(3)24(19(15)25)10-14-11(2)28-17(22-14)13-8-6-5-7-9-13/h5-9H,4,10H2,1-3H3. The monoisotopic (exact) mass is 394 g/mol. The first-order chi connectivity index (χ1) is 14.0. The third-order valence-electron chi connectivity index (χ3n) is 4.48. The van der Waals surface area contributed by atoms with E-state index in [1.807, 2.05) is 30.3 Å². The van der Waals surface area contributed by atoms with Gasteiger partial charge in [0.2, 0.25) is 11.6 Å². The summed E-state index contributed by atoms with van der Waals surface area (Å²) in [5.74, 6) is 0.725. The van der Waals surface area contributed by atoms with E-state index in [0.29, 0.717) is 23.2 Å². The molecule has 0 atom stereocenters. The maximum atomic E-state index is 13.1. The van der Waals surface area contributed by atoms with Gasteiger partial charge in [-0.25, -0.2) is 9.78 Å². The van der Waals surface area contributed by atoms with E-state index in [2.05, 4.69) is 15.1 Å². The second-order valence-electron chi connectivity index (χ2n) is 6.37. The van der Waals surface area contributed by atoms with Crippen LogP contribution in [0.4, 0.5) is 0 Å². The maximum absolute atomic E-state index is 13.1. The lowest BCUT2D eigenvalue weighted by Gasteiger charge is -2.07. The van der Waals surface area contributed by atoms with Gasteiger partial charge in [0.15, 0.2) is 0 Å². The predicted octanol–water partition coefficient (Wildman–Crippen LogP) is 2.88. The minimum atomic E-state index is -0.732. The van der Waals surface area contributed by atoms with Crippen molar-refractivity contribution in [2.24, 2.45) is 0 Å². The van der Waals surface area contributed by atoms with E-state index in [4.69, 9.17) is 13.7 Å². The van der Waals surface area contributed by atoms with Crippen LogP contribution in [0.1, 0.15) is 34.7 Å². The number of carbonyl (C=O) groups is 1. The molecule has 1 aromatic carbocycles. The molecule has 3 heterocycles. The van der Waals surface area contributed by atoms with E-state index in [1.54, 1.807) is 20.8 Å². The van der Waals surface area contributed by atoms with Crippen molar-refractivity contribution in [2.45, 2.75) is 27.3 Å². The molecule has 3 aromatic heterocycles. The van der Waals surface area contributed by atoms with Gasteiger partial charge >= 0.3 is 5.97 Å². The Bertz CT molecular complexity index is 1250. The highest BCUT2D eigenvalue weighted by Crippen LogP contribution is 2.22. The predicted molar refractivity (Wildman–Crippen MR) is 103 cm³/mol.